The number of carbonyl (C=O) groups is 2. The van der Waals surface area contributed by atoms with Gasteiger partial charge >= 0.3 is 5.97 Å². The van der Waals surface area contributed by atoms with Crippen LogP contribution in [0.2, 0.25) is 0 Å². The van der Waals surface area contributed by atoms with E-state index in [2.05, 4.69) is 5.32 Å². The van der Waals surface area contributed by atoms with Crippen molar-refractivity contribution in [2.24, 2.45) is 0 Å². The van der Waals surface area contributed by atoms with Crippen LogP contribution in [0.1, 0.15) is 48.0 Å². The Morgan fingerprint density at radius 2 is 2.05 bits per heavy atom. The second-order valence-electron chi connectivity index (χ2n) is 5.17. The summed E-state index contributed by atoms with van der Waals surface area (Å²) in [6.45, 7) is -0.286. The molecule has 0 bridgehead atoms. The Balaban J connectivity index is 1.80. The highest BCUT2D eigenvalue weighted by molar-refractivity contribution is 5.91. The van der Waals surface area contributed by atoms with Crippen molar-refractivity contribution in [3.8, 4) is 6.07 Å². The van der Waals surface area contributed by atoms with Crippen LogP contribution in [-0.4, -0.2) is 24.5 Å². The number of hydrogen-bond donors (Lipinski definition) is 1. The van der Waals surface area contributed by atoms with Crippen molar-refractivity contribution < 1.29 is 14.3 Å². The molecule has 0 aromatic heterocycles. The Bertz CT molecular complexity index is 557. The summed E-state index contributed by atoms with van der Waals surface area (Å²) in [4.78, 5) is 23.5. The van der Waals surface area contributed by atoms with Gasteiger partial charge in [0.2, 0.25) is 0 Å². The maximum absolute atomic E-state index is 11.8. The number of amides is 1. The summed E-state index contributed by atoms with van der Waals surface area (Å²) in [5, 5.41) is 11.7. The third kappa shape index (κ3) is 4.60. The average Bonchev–Trinajstić information content (AvgIpc) is 2.53. The number of esters is 1. The van der Waals surface area contributed by atoms with Crippen molar-refractivity contribution in [1.29, 1.82) is 5.26 Å². The molecule has 0 atom stereocenters. The number of nitrogens with zero attached hydrogens (tertiary/aromatic N) is 1. The van der Waals surface area contributed by atoms with Gasteiger partial charge in [-0.2, -0.15) is 5.26 Å². The minimum atomic E-state index is -0.592. The fraction of sp³-hybridized carbons (Fsp3) is 0.438. The first-order valence-electron chi connectivity index (χ1n) is 7.15. The van der Waals surface area contributed by atoms with E-state index in [0.29, 0.717) is 5.56 Å². The number of ether oxygens (including phenoxy) is 1. The Labute approximate surface area is 123 Å². The van der Waals surface area contributed by atoms with E-state index in [1.165, 1.54) is 12.5 Å². The van der Waals surface area contributed by atoms with E-state index < -0.39 is 5.97 Å². The highest BCUT2D eigenvalue weighted by atomic mass is 16.5. The highest BCUT2D eigenvalue weighted by Crippen LogP contribution is 2.17. The van der Waals surface area contributed by atoms with Crippen LogP contribution >= 0.6 is 0 Å². The molecule has 110 valence electrons. The van der Waals surface area contributed by atoms with E-state index in [0.717, 1.165) is 25.7 Å². The van der Waals surface area contributed by atoms with Gasteiger partial charge in [-0.25, -0.2) is 4.79 Å². The van der Waals surface area contributed by atoms with E-state index >= 15 is 0 Å². The Kier molecular flexibility index (Phi) is 5.33. The number of nitrogens with one attached hydrogen (secondary N) is 1. The van der Waals surface area contributed by atoms with Gasteiger partial charge in [0.05, 0.1) is 17.2 Å². The molecule has 5 nitrogen and oxygen atoms in total. The molecule has 1 N–H and O–H groups in total. The smallest absolute Gasteiger partial charge is 0.338 e. The van der Waals surface area contributed by atoms with Crippen LogP contribution in [0.15, 0.2) is 24.3 Å². The van der Waals surface area contributed by atoms with Crippen molar-refractivity contribution in [2.75, 3.05) is 6.61 Å². The first-order chi connectivity index (χ1) is 10.2. The van der Waals surface area contributed by atoms with Crippen LogP contribution in [-0.2, 0) is 9.53 Å². The molecule has 2 rings (SSSR count). The highest BCUT2D eigenvalue weighted by Gasteiger charge is 2.17. The van der Waals surface area contributed by atoms with Crippen LogP contribution in [0.4, 0.5) is 0 Å². The minimum Gasteiger partial charge on any atom is -0.452 e. The first-order valence-corrected chi connectivity index (χ1v) is 7.15. The molecule has 1 aliphatic rings. The second kappa shape index (κ2) is 7.44. The lowest BCUT2D eigenvalue weighted by molar-refractivity contribution is -0.125. The Morgan fingerprint density at radius 3 is 2.76 bits per heavy atom. The summed E-state index contributed by atoms with van der Waals surface area (Å²) in [5.41, 5.74) is 0.663. The summed E-state index contributed by atoms with van der Waals surface area (Å²) in [7, 11) is 0. The van der Waals surface area contributed by atoms with Gasteiger partial charge in [0.1, 0.15) is 0 Å². The molecule has 21 heavy (non-hydrogen) atoms. The molecule has 0 heterocycles. The molecule has 1 amide bonds. The molecule has 0 radical (unpaired) electrons. The summed E-state index contributed by atoms with van der Waals surface area (Å²) in [6, 6.07) is 8.37. The SMILES string of the molecule is N#Cc1cccc(C(=O)OCC(=O)NC2CCCCC2)c1. The predicted octanol–water partition coefficient (Wildman–Crippen LogP) is 2.16. The largest absolute Gasteiger partial charge is 0.452 e. The van der Waals surface area contributed by atoms with Gasteiger partial charge in [0.25, 0.3) is 5.91 Å². The maximum atomic E-state index is 11.8. The lowest BCUT2D eigenvalue weighted by atomic mass is 9.95. The van der Waals surface area contributed by atoms with Crippen molar-refractivity contribution in [2.45, 2.75) is 38.1 Å². The minimum absolute atomic E-state index is 0.201. The van der Waals surface area contributed by atoms with E-state index in [-0.39, 0.29) is 24.1 Å². The fourth-order valence-electron chi connectivity index (χ4n) is 2.45. The monoisotopic (exact) mass is 286 g/mol. The zero-order valence-corrected chi connectivity index (χ0v) is 11.8. The molecule has 1 aliphatic carbocycles. The van der Waals surface area contributed by atoms with E-state index in [1.54, 1.807) is 18.2 Å². The summed E-state index contributed by atoms with van der Waals surface area (Å²) in [5.74, 6) is -0.863. The first kappa shape index (κ1) is 15.0. The fourth-order valence-corrected chi connectivity index (χ4v) is 2.45. The number of carbonyl (C=O) groups excluding carboxylic acids is 2. The summed E-state index contributed by atoms with van der Waals surface area (Å²) >= 11 is 0. The maximum Gasteiger partial charge on any atom is 0.338 e. The van der Waals surface area contributed by atoms with E-state index in [1.807, 2.05) is 6.07 Å². The number of benzene rings is 1. The van der Waals surface area contributed by atoms with Crippen molar-refractivity contribution in [3.63, 3.8) is 0 Å². The summed E-state index contributed by atoms with van der Waals surface area (Å²) in [6.07, 6.45) is 5.46. The quantitative estimate of drug-likeness (QED) is 0.860. The van der Waals surface area contributed by atoms with Gasteiger partial charge in [-0.3, -0.25) is 4.79 Å². The molecule has 0 unspecified atom stereocenters. The number of rotatable bonds is 4. The molecule has 1 aromatic rings. The molecule has 1 aromatic carbocycles. The zero-order valence-electron chi connectivity index (χ0n) is 11.8. The van der Waals surface area contributed by atoms with Crippen LogP contribution in [0.5, 0.6) is 0 Å². The molecule has 0 aliphatic heterocycles. The van der Waals surface area contributed by atoms with Crippen LogP contribution in [0.3, 0.4) is 0 Å². The molecule has 5 heteroatoms. The second-order valence-corrected chi connectivity index (χ2v) is 5.17. The molecule has 1 fully saturated rings. The predicted molar refractivity (Wildman–Crippen MR) is 76.5 cm³/mol. The Hall–Kier alpha value is -2.35. The van der Waals surface area contributed by atoms with Gasteiger partial charge in [0, 0.05) is 6.04 Å². The lowest BCUT2D eigenvalue weighted by Crippen LogP contribution is -2.38. The van der Waals surface area contributed by atoms with Gasteiger partial charge < -0.3 is 10.1 Å². The topological polar surface area (TPSA) is 79.2 Å². The summed E-state index contributed by atoms with van der Waals surface area (Å²) < 4.78 is 4.97. The number of hydrogen-bond acceptors (Lipinski definition) is 4. The van der Waals surface area contributed by atoms with Crippen molar-refractivity contribution in [3.05, 3.63) is 35.4 Å². The third-order valence-electron chi connectivity index (χ3n) is 3.53. The van der Waals surface area contributed by atoms with Gasteiger partial charge in [-0.1, -0.05) is 25.3 Å². The average molecular weight is 286 g/mol. The Morgan fingerprint density at radius 1 is 1.29 bits per heavy atom. The normalized spacial score (nSPS) is 15.0. The molecule has 0 spiro atoms. The molecule has 0 saturated heterocycles. The standard InChI is InChI=1S/C16H18N2O3/c17-10-12-5-4-6-13(9-12)16(20)21-11-15(19)18-14-7-2-1-3-8-14/h4-6,9,14H,1-3,7-8,11H2,(H,18,19). The van der Waals surface area contributed by atoms with Crippen molar-refractivity contribution in [1.82, 2.24) is 5.32 Å². The van der Waals surface area contributed by atoms with Gasteiger partial charge in [-0.15, -0.1) is 0 Å². The van der Waals surface area contributed by atoms with Crippen LogP contribution in [0.25, 0.3) is 0 Å². The molecular formula is C16H18N2O3. The van der Waals surface area contributed by atoms with Gasteiger partial charge in [0.15, 0.2) is 6.61 Å². The number of nitriles is 1. The molecule has 1 saturated carbocycles. The molecular weight excluding hydrogens is 268 g/mol. The van der Waals surface area contributed by atoms with Gasteiger partial charge in [-0.05, 0) is 31.0 Å². The van der Waals surface area contributed by atoms with Crippen LogP contribution < -0.4 is 5.32 Å². The lowest BCUT2D eigenvalue weighted by Gasteiger charge is -2.22. The third-order valence-corrected chi connectivity index (χ3v) is 3.53. The van der Waals surface area contributed by atoms with E-state index in [9.17, 15) is 9.59 Å². The zero-order chi connectivity index (χ0) is 15.1. The van der Waals surface area contributed by atoms with Crippen molar-refractivity contribution >= 4 is 11.9 Å². The van der Waals surface area contributed by atoms with Crippen LogP contribution in [0, 0.1) is 11.3 Å². The van der Waals surface area contributed by atoms with E-state index in [4.69, 9.17) is 10.00 Å².